The molecule has 0 aromatic heterocycles. The van der Waals surface area contributed by atoms with Crippen LogP contribution < -0.4 is 27.3 Å². The van der Waals surface area contributed by atoms with Gasteiger partial charge in [0.05, 0.1) is 12.2 Å². The number of rotatable bonds is 5. The summed E-state index contributed by atoms with van der Waals surface area (Å²) in [7, 11) is 4.13. The molecule has 10 N–H and O–H groups in total. The molecule has 12 bridgehead atoms. The smallest absolute Gasteiger partial charge is 0.303 e. The number of phenolic OH excluding ortho intramolecular Hbond substituents is 1. The maximum absolute atomic E-state index is 15.1. The summed E-state index contributed by atoms with van der Waals surface area (Å²) < 4.78 is 13.9. The molecule has 18 atom stereocenters. The molecule has 2 aromatic carbocycles. The second-order valence-electron chi connectivity index (χ2n) is 30.6. The molecular weight excluding hydrogens is 1130 g/mol. The van der Waals surface area contributed by atoms with Crippen LogP contribution in [0.3, 0.4) is 0 Å². The van der Waals surface area contributed by atoms with Crippen LogP contribution in [0.2, 0.25) is 0 Å². The number of carbonyl (C=O) groups excluding carboxylic acids is 2. The number of phenols is 1. The van der Waals surface area contributed by atoms with Crippen molar-refractivity contribution < 1.29 is 34.4 Å². The lowest BCUT2D eigenvalue weighted by Crippen LogP contribution is -2.61. The molecule has 7 heterocycles. The zero-order chi connectivity index (χ0) is 59.7. The first-order valence-corrected chi connectivity index (χ1v) is 36.6. The summed E-state index contributed by atoms with van der Waals surface area (Å²) in [6.07, 6.45) is 33.7. The van der Waals surface area contributed by atoms with Gasteiger partial charge in [0.15, 0.2) is 23.4 Å². The molecule has 10 aliphatic carbocycles. The Bertz CT molecular complexity index is 3130. The van der Waals surface area contributed by atoms with Gasteiger partial charge in [-0.3, -0.25) is 19.6 Å². The molecule has 16 heteroatoms. The molecule has 14 nitrogen and oxygen atoms in total. The van der Waals surface area contributed by atoms with Gasteiger partial charge in [-0.05, 0) is 211 Å². The summed E-state index contributed by atoms with van der Waals surface area (Å²) in [5, 5.41) is 43.4. The van der Waals surface area contributed by atoms with Crippen LogP contribution in [0.4, 0.5) is 0 Å². The van der Waals surface area contributed by atoms with Gasteiger partial charge in [-0.25, -0.2) is 0 Å². The van der Waals surface area contributed by atoms with Crippen LogP contribution in [0, 0.1) is 63.1 Å². The number of amides is 1. The van der Waals surface area contributed by atoms with Crippen molar-refractivity contribution in [3.05, 3.63) is 83.0 Å². The summed E-state index contributed by atoms with van der Waals surface area (Å²) in [6.45, 7) is 3.35. The SMILES string of the molecule is CC(=O)OC12CCc3cc(c(O)c4c3C3C=CC5(CCCC5C3)O4)CN3CC4(CC3=O)C(CCC4c3ccccc3)CN=C(N)NC3(CCCC34CCCC4)SSC3C=CC4C(CCC3C43CCCC34CCC(CCN=C(N)N)C4O)C(CC1)C(O)C2. The van der Waals surface area contributed by atoms with Crippen molar-refractivity contribution in [1.29, 1.82) is 0 Å². The first-order chi connectivity index (χ1) is 42.0. The fraction of sp³-hybridized carbons (Fsp3) is 0.718. The topological polar surface area (TPSA) is 231 Å². The Morgan fingerprint density at radius 1 is 0.874 bits per heavy atom. The molecule has 87 heavy (non-hydrogen) atoms. The van der Waals surface area contributed by atoms with Crippen LogP contribution in [0.25, 0.3) is 0 Å². The van der Waals surface area contributed by atoms with Crippen molar-refractivity contribution in [3.8, 4) is 11.5 Å². The molecule has 0 radical (unpaired) electrons. The molecule has 19 rings (SSSR count). The minimum absolute atomic E-state index is 0.00554. The summed E-state index contributed by atoms with van der Waals surface area (Å²) in [5.41, 5.74) is 21.0. The van der Waals surface area contributed by atoms with Gasteiger partial charge in [-0.2, -0.15) is 0 Å². The lowest BCUT2D eigenvalue weighted by molar-refractivity contribution is -0.179. The summed E-state index contributed by atoms with van der Waals surface area (Å²) in [5.74, 6) is 2.51. The number of hydrogen-bond donors (Lipinski definition) is 7. The van der Waals surface area contributed by atoms with Gasteiger partial charge in [0.2, 0.25) is 5.91 Å². The lowest BCUT2D eigenvalue weighted by atomic mass is 9.42. The third-order valence-electron chi connectivity index (χ3n) is 27.1. The van der Waals surface area contributed by atoms with Crippen LogP contribution in [0.15, 0.2) is 70.7 Å². The molecule has 18 unspecified atom stereocenters. The number of nitrogens with one attached hydrogen (secondary N) is 1. The number of guanidine groups is 2. The monoisotopic (exact) mass is 1220 g/mol. The fourth-order valence-electron chi connectivity index (χ4n) is 23.5. The largest absolute Gasteiger partial charge is 0.504 e. The molecular formula is C71H97N7O7S2. The maximum atomic E-state index is 15.1. The van der Waals surface area contributed by atoms with Crippen LogP contribution >= 0.6 is 21.6 Å². The average Bonchev–Trinajstić information content (AvgIpc) is 1.62. The van der Waals surface area contributed by atoms with Gasteiger partial charge in [-0.1, -0.05) is 89.4 Å². The predicted molar refractivity (Wildman–Crippen MR) is 344 cm³/mol. The average molecular weight is 1220 g/mol. The Morgan fingerprint density at radius 2 is 1.70 bits per heavy atom. The number of allylic oxidation sites excluding steroid dienone is 2. The third-order valence-corrected chi connectivity index (χ3v) is 30.7. The van der Waals surface area contributed by atoms with Crippen molar-refractivity contribution in [2.75, 3.05) is 19.6 Å². The summed E-state index contributed by atoms with van der Waals surface area (Å²) >= 11 is 0. The van der Waals surface area contributed by atoms with Gasteiger partial charge in [0.25, 0.3) is 0 Å². The number of aliphatic hydroxyl groups excluding tert-OH is 2. The number of aryl methyl sites for hydroxylation is 1. The first kappa shape index (κ1) is 59.0. The van der Waals surface area contributed by atoms with Gasteiger partial charge < -0.3 is 52.2 Å². The van der Waals surface area contributed by atoms with Crippen molar-refractivity contribution in [1.82, 2.24) is 10.2 Å². The van der Waals surface area contributed by atoms with E-state index in [-0.39, 0.29) is 97.9 Å². The Kier molecular flexibility index (Phi) is 15.0. The number of aromatic hydroxyl groups is 1. The summed E-state index contributed by atoms with van der Waals surface area (Å²) in [4.78, 5) is 40.2. The first-order valence-electron chi connectivity index (χ1n) is 34.3. The van der Waals surface area contributed by atoms with E-state index in [1.807, 2.05) is 4.90 Å². The van der Waals surface area contributed by atoms with Crippen LogP contribution in [-0.2, 0) is 27.3 Å². The van der Waals surface area contributed by atoms with Gasteiger partial charge in [0, 0.05) is 90.4 Å². The van der Waals surface area contributed by atoms with Crippen LogP contribution in [0.1, 0.15) is 208 Å². The zero-order valence-corrected chi connectivity index (χ0v) is 53.1. The number of benzene rings is 2. The maximum Gasteiger partial charge on any atom is 0.303 e. The van der Waals surface area contributed by atoms with Crippen LogP contribution in [0.5, 0.6) is 11.5 Å². The molecule has 1 saturated heterocycles. The van der Waals surface area contributed by atoms with E-state index in [0.717, 1.165) is 120 Å². The number of carbonyl (C=O) groups is 2. The highest BCUT2D eigenvalue weighted by Crippen LogP contribution is 2.76. The fourth-order valence-corrected chi connectivity index (χ4v) is 27.6. The molecule has 2 aromatic rings. The van der Waals surface area contributed by atoms with Crippen molar-refractivity contribution >= 4 is 45.4 Å². The van der Waals surface area contributed by atoms with E-state index in [9.17, 15) is 20.1 Å². The standard InChI is InChI=1S/C71H97N7O7S2/c1-43(79)84-66-31-19-46-36-48(60(82)61-59(46)47-21-34-69(85-61)28-7-12-49(69)37-47)41-78-42-67(39-58(78)81)50(13-15-53(67)44-10-3-2-4-11-44)40-76-64(74)77-71(30-8-26-65(71)24-5-6-25-65)87-86-57-18-17-54-51(52(22-32-66)56(80)38-66)14-16-55(57)70(54)29-9-27-68(70)33-20-45(62(68)83)23-35-75-63(72)73/h2-4,10-11,17-18,21,34,36,45,47,49-57,62,80,82-83H,5-9,12-16,19-20,22-33,35,37-42H2,1H3,(H4,72,73,75)(H3,74,76,77). The normalized spacial score (nSPS) is 43.2. The Morgan fingerprint density at radius 3 is 2.52 bits per heavy atom. The molecule has 6 spiro atoms. The van der Waals surface area contributed by atoms with E-state index in [1.165, 1.54) is 44.6 Å². The number of aliphatic hydroxyl groups is 2. The predicted octanol–water partition coefficient (Wildman–Crippen LogP) is 11.6. The minimum atomic E-state index is -0.907. The van der Waals surface area contributed by atoms with E-state index in [1.54, 1.807) is 0 Å². The highest BCUT2D eigenvalue weighted by Gasteiger charge is 2.71. The third kappa shape index (κ3) is 9.32. The number of hydrogen-bond acceptors (Lipinski definition) is 13. The molecule has 470 valence electrons. The van der Waals surface area contributed by atoms with Crippen molar-refractivity contribution in [2.45, 2.75) is 232 Å². The Hall–Kier alpha value is -4.38. The highest BCUT2D eigenvalue weighted by atomic mass is 33.1. The van der Waals surface area contributed by atoms with E-state index in [4.69, 9.17) is 31.7 Å². The van der Waals surface area contributed by atoms with Crippen molar-refractivity contribution in [2.24, 2.45) is 90.3 Å². The van der Waals surface area contributed by atoms with E-state index >= 15 is 4.79 Å². The van der Waals surface area contributed by atoms with Gasteiger partial charge in [-0.15, -0.1) is 0 Å². The number of nitrogens with two attached hydrogens (primary N) is 3. The number of nitrogens with zero attached hydrogens (tertiary/aromatic N) is 3. The second-order valence-corrected chi connectivity index (χ2v) is 33.3. The second kappa shape index (κ2) is 22.2. The molecule has 9 fully saturated rings. The number of fused-ring (bicyclic) bond motifs is 2. The molecule has 8 saturated carbocycles. The van der Waals surface area contributed by atoms with Gasteiger partial charge >= 0.3 is 5.97 Å². The Labute approximate surface area is 523 Å². The minimum Gasteiger partial charge on any atom is -0.504 e. The van der Waals surface area contributed by atoms with Gasteiger partial charge in [0.1, 0.15) is 16.1 Å². The number of aliphatic imine (C=N–C) groups is 2. The molecule has 17 aliphatic rings. The lowest BCUT2D eigenvalue weighted by Gasteiger charge is -2.64. The van der Waals surface area contributed by atoms with E-state index < -0.39 is 28.8 Å². The molecule has 1 amide bonds. The Balaban J connectivity index is 0.842. The van der Waals surface area contributed by atoms with E-state index in [2.05, 4.69) is 92.6 Å². The van der Waals surface area contributed by atoms with Crippen LogP contribution in [-0.4, -0.2) is 97.2 Å². The molecule has 7 aliphatic heterocycles. The summed E-state index contributed by atoms with van der Waals surface area (Å²) in [6, 6.07) is 13.0. The highest BCUT2D eigenvalue weighted by molar-refractivity contribution is 8.77. The number of esters is 1. The van der Waals surface area contributed by atoms with E-state index in [0.29, 0.717) is 80.8 Å². The quantitative estimate of drug-likeness (QED) is 0.0486. The number of ether oxygens (including phenoxy) is 2. The van der Waals surface area contributed by atoms with Crippen molar-refractivity contribution in [3.63, 3.8) is 0 Å². The zero-order valence-electron chi connectivity index (χ0n) is 51.5.